The standard InChI is InChI=1S/C10H5N3O2/c11-5-8(6-12)10(14)7-1-3-9(13-15)4-2-7/h1-4,8H. The van der Waals surface area contributed by atoms with E-state index in [0.717, 1.165) is 0 Å². The van der Waals surface area contributed by atoms with E-state index in [1.165, 1.54) is 24.3 Å². The largest absolute Gasteiger partial charge is 0.291 e. The molecule has 0 saturated heterocycles. The number of nitriles is 2. The number of ketones is 1. The Labute approximate surface area is 85.5 Å². The second-order valence-electron chi connectivity index (χ2n) is 2.69. The molecule has 5 nitrogen and oxygen atoms in total. The Morgan fingerprint density at radius 1 is 1.20 bits per heavy atom. The van der Waals surface area contributed by atoms with Gasteiger partial charge >= 0.3 is 0 Å². The second-order valence-corrected chi connectivity index (χ2v) is 2.69. The van der Waals surface area contributed by atoms with Crippen LogP contribution in [0, 0.1) is 33.5 Å². The fourth-order valence-corrected chi connectivity index (χ4v) is 0.999. The number of nitrogens with zero attached hydrogens (tertiary/aromatic N) is 3. The van der Waals surface area contributed by atoms with E-state index in [0.29, 0.717) is 0 Å². The second kappa shape index (κ2) is 4.64. The highest BCUT2D eigenvalue weighted by Gasteiger charge is 2.18. The van der Waals surface area contributed by atoms with Gasteiger partial charge in [0.25, 0.3) is 0 Å². The van der Waals surface area contributed by atoms with Crippen molar-refractivity contribution in [3.8, 4) is 12.1 Å². The van der Waals surface area contributed by atoms with Gasteiger partial charge < -0.3 is 0 Å². The minimum Gasteiger partial charge on any atom is -0.291 e. The SMILES string of the molecule is N#CC(C#N)C(=O)c1ccc(N=O)cc1. The van der Waals surface area contributed by atoms with E-state index in [2.05, 4.69) is 5.18 Å². The number of rotatable bonds is 3. The third kappa shape index (κ3) is 2.23. The van der Waals surface area contributed by atoms with Crippen LogP contribution in [0.25, 0.3) is 0 Å². The summed E-state index contributed by atoms with van der Waals surface area (Å²) < 4.78 is 0. The van der Waals surface area contributed by atoms with Crippen molar-refractivity contribution < 1.29 is 4.79 Å². The minimum absolute atomic E-state index is 0.192. The maximum Gasteiger partial charge on any atom is 0.195 e. The number of hydrogen-bond donors (Lipinski definition) is 0. The molecule has 1 aromatic carbocycles. The van der Waals surface area contributed by atoms with Crippen LogP contribution in [0.5, 0.6) is 0 Å². The van der Waals surface area contributed by atoms with Gasteiger partial charge in [-0.15, -0.1) is 4.91 Å². The topological polar surface area (TPSA) is 94.1 Å². The average molecular weight is 199 g/mol. The molecule has 0 aliphatic carbocycles. The Bertz CT molecular complexity index is 451. The summed E-state index contributed by atoms with van der Waals surface area (Å²) in [4.78, 5) is 21.5. The van der Waals surface area contributed by atoms with Crippen LogP contribution in [0.4, 0.5) is 5.69 Å². The molecule has 0 atom stereocenters. The average Bonchev–Trinajstić information content (AvgIpc) is 2.30. The van der Waals surface area contributed by atoms with Crippen LogP contribution >= 0.6 is 0 Å². The molecule has 5 heteroatoms. The van der Waals surface area contributed by atoms with Gasteiger partial charge in [0, 0.05) is 5.56 Å². The van der Waals surface area contributed by atoms with Crippen molar-refractivity contribution in [3.05, 3.63) is 34.7 Å². The number of nitroso groups, excluding NO2 is 1. The molecule has 15 heavy (non-hydrogen) atoms. The summed E-state index contributed by atoms with van der Waals surface area (Å²) in [6.07, 6.45) is 0. The van der Waals surface area contributed by atoms with Crippen LogP contribution in [0.15, 0.2) is 29.4 Å². The molecule has 0 saturated carbocycles. The van der Waals surface area contributed by atoms with Gasteiger partial charge in [-0.1, -0.05) is 0 Å². The van der Waals surface area contributed by atoms with Gasteiger partial charge in [-0.05, 0) is 29.4 Å². The van der Waals surface area contributed by atoms with Crippen molar-refractivity contribution in [2.24, 2.45) is 11.1 Å². The summed E-state index contributed by atoms with van der Waals surface area (Å²) >= 11 is 0. The van der Waals surface area contributed by atoms with Gasteiger partial charge in [-0.3, -0.25) is 4.79 Å². The monoisotopic (exact) mass is 199 g/mol. The van der Waals surface area contributed by atoms with E-state index in [1.807, 2.05) is 0 Å². The zero-order valence-electron chi connectivity index (χ0n) is 7.54. The molecular weight excluding hydrogens is 194 g/mol. The Morgan fingerprint density at radius 3 is 2.13 bits per heavy atom. The summed E-state index contributed by atoms with van der Waals surface area (Å²) in [6, 6.07) is 8.60. The highest BCUT2D eigenvalue weighted by molar-refractivity contribution is 6.01. The molecule has 1 rings (SSSR count). The van der Waals surface area contributed by atoms with E-state index in [4.69, 9.17) is 10.5 Å². The van der Waals surface area contributed by atoms with Gasteiger partial charge in [0.2, 0.25) is 0 Å². The van der Waals surface area contributed by atoms with Crippen molar-refractivity contribution in [1.29, 1.82) is 10.5 Å². The summed E-state index contributed by atoms with van der Waals surface area (Å²) in [7, 11) is 0. The zero-order valence-corrected chi connectivity index (χ0v) is 7.54. The van der Waals surface area contributed by atoms with Gasteiger partial charge in [0.05, 0.1) is 12.1 Å². The molecule has 0 fully saturated rings. The maximum atomic E-state index is 11.5. The summed E-state index contributed by atoms with van der Waals surface area (Å²) in [5, 5.41) is 19.7. The molecule has 0 radical (unpaired) electrons. The molecule has 0 aromatic heterocycles. The van der Waals surface area contributed by atoms with E-state index >= 15 is 0 Å². The normalized spacial score (nSPS) is 9.00. The molecule has 0 unspecified atom stereocenters. The first-order chi connectivity index (χ1) is 7.22. The minimum atomic E-state index is -1.31. The molecule has 72 valence electrons. The Balaban J connectivity index is 2.99. The first-order valence-electron chi connectivity index (χ1n) is 3.99. The van der Waals surface area contributed by atoms with E-state index < -0.39 is 11.7 Å². The van der Waals surface area contributed by atoms with Gasteiger partial charge in [-0.2, -0.15) is 10.5 Å². The summed E-state index contributed by atoms with van der Waals surface area (Å²) in [5.41, 5.74) is 0.410. The Morgan fingerprint density at radius 2 is 1.73 bits per heavy atom. The third-order valence-corrected chi connectivity index (χ3v) is 1.78. The van der Waals surface area contributed by atoms with Crippen LogP contribution in [-0.4, -0.2) is 5.78 Å². The molecule has 0 heterocycles. The van der Waals surface area contributed by atoms with Crippen molar-refractivity contribution in [2.75, 3.05) is 0 Å². The van der Waals surface area contributed by atoms with Crippen molar-refractivity contribution >= 4 is 11.5 Å². The summed E-state index contributed by atoms with van der Waals surface area (Å²) in [6.45, 7) is 0. The van der Waals surface area contributed by atoms with Gasteiger partial charge in [0.1, 0.15) is 5.69 Å². The van der Waals surface area contributed by atoms with Crippen molar-refractivity contribution in [3.63, 3.8) is 0 Å². The Hall–Kier alpha value is -2.53. The molecular formula is C10H5N3O2. The molecule has 1 aromatic rings. The predicted molar refractivity (Wildman–Crippen MR) is 50.9 cm³/mol. The van der Waals surface area contributed by atoms with Gasteiger partial charge in [-0.25, -0.2) is 0 Å². The quantitative estimate of drug-likeness (QED) is 0.548. The number of carbonyl (C=O) groups excluding carboxylic acids is 1. The first kappa shape index (κ1) is 10.6. The lowest BCUT2D eigenvalue weighted by Gasteiger charge is -1.99. The van der Waals surface area contributed by atoms with Crippen LogP contribution in [0.1, 0.15) is 10.4 Å². The molecule has 0 bridgehead atoms. The van der Waals surface area contributed by atoms with E-state index in [9.17, 15) is 9.70 Å². The third-order valence-electron chi connectivity index (χ3n) is 1.78. The number of Topliss-reactive ketones (excluding diaryl/α,β-unsaturated/α-hetero) is 1. The number of benzene rings is 1. The van der Waals surface area contributed by atoms with Crippen molar-refractivity contribution in [2.45, 2.75) is 0 Å². The smallest absolute Gasteiger partial charge is 0.195 e. The molecule has 0 N–H and O–H groups in total. The van der Waals surface area contributed by atoms with Crippen LogP contribution in [0.2, 0.25) is 0 Å². The van der Waals surface area contributed by atoms with Gasteiger partial charge in [0.15, 0.2) is 11.7 Å². The molecule has 0 aliphatic heterocycles. The lowest BCUT2D eigenvalue weighted by Crippen LogP contribution is -2.10. The van der Waals surface area contributed by atoms with Crippen molar-refractivity contribution in [1.82, 2.24) is 0 Å². The lowest BCUT2D eigenvalue weighted by atomic mass is 10.0. The molecule has 0 amide bonds. The number of carbonyl (C=O) groups is 1. The zero-order chi connectivity index (χ0) is 11.3. The summed E-state index contributed by atoms with van der Waals surface area (Å²) in [5.74, 6) is -1.88. The predicted octanol–water partition coefficient (Wildman–Crippen LogP) is 1.93. The highest BCUT2D eigenvalue weighted by atomic mass is 16.3. The maximum absolute atomic E-state index is 11.5. The first-order valence-corrected chi connectivity index (χ1v) is 3.99. The van der Waals surface area contributed by atoms with Crippen LogP contribution < -0.4 is 0 Å². The number of hydrogen-bond acceptors (Lipinski definition) is 5. The lowest BCUT2D eigenvalue weighted by molar-refractivity contribution is 0.0971. The Kier molecular flexibility index (Phi) is 3.26. The molecule has 0 aliphatic rings. The highest BCUT2D eigenvalue weighted by Crippen LogP contribution is 2.14. The van der Waals surface area contributed by atoms with Crippen LogP contribution in [-0.2, 0) is 0 Å². The molecule has 0 spiro atoms. The van der Waals surface area contributed by atoms with E-state index in [1.54, 1.807) is 12.1 Å². The fraction of sp³-hybridized carbons (Fsp3) is 0.100. The van der Waals surface area contributed by atoms with E-state index in [-0.39, 0.29) is 11.3 Å². The fourth-order valence-electron chi connectivity index (χ4n) is 0.999. The van der Waals surface area contributed by atoms with Crippen LogP contribution in [0.3, 0.4) is 0 Å².